The molecule has 104 valence electrons. The van der Waals surface area contributed by atoms with Crippen molar-refractivity contribution >= 4 is 11.4 Å². The highest BCUT2D eigenvalue weighted by Crippen LogP contribution is 2.53. The van der Waals surface area contributed by atoms with Crippen molar-refractivity contribution in [2.75, 3.05) is 11.5 Å². The lowest BCUT2D eigenvalue weighted by atomic mass is 9.75. The molecule has 0 bridgehead atoms. The molecule has 0 spiro atoms. The molecule has 0 saturated heterocycles. The third kappa shape index (κ3) is 1.79. The zero-order chi connectivity index (χ0) is 14.5. The normalized spacial score (nSPS) is 23.6. The molecule has 2 aromatic carbocycles. The predicted octanol–water partition coefficient (Wildman–Crippen LogP) is 3.95. The second-order valence-electron chi connectivity index (χ2n) is 6.82. The van der Waals surface area contributed by atoms with Crippen LogP contribution in [-0.4, -0.2) is 0 Å². The Labute approximate surface area is 122 Å². The number of benzene rings is 2. The molecular weight excluding hydrogens is 244 g/mol. The van der Waals surface area contributed by atoms with Crippen LogP contribution in [0.25, 0.3) is 0 Å². The van der Waals surface area contributed by atoms with Gasteiger partial charge >= 0.3 is 1.43 Å². The molecule has 0 heterocycles. The largest absolute Gasteiger partial charge is 1.00 e. The van der Waals surface area contributed by atoms with E-state index in [1.165, 1.54) is 16.7 Å². The summed E-state index contributed by atoms with van der Waals surface area (Å²) < 4.78 is 0. The number of rotatable bonds is 1. The van der Waals surface area contributed by atoms with Crippen LogP contribution in [0.4, 0.5) is 11.4 Å². The first-order valence-corrected chi connectivity index (χ1v) is 7.09. The van der Waals surface area contributed by atoms with E-state index in [0.717, 1.165) is 17.8 Å². The van der Waals surface area contributed by atoms with Gasteiger partial charge in [0.05, 0.1) is 0 Å². The molecule has 2 aromatic rings. The molecule has 3 rings (SSSR count). The zero-order valence-electron chi connectivity index (χ0n) is 13.4. The Hall–Kier alpha value is -1.96. The van der Waals surface area contributed by atoms with E-state index < -0.39 is 0 Å². The summed E-state index contributed by atoms with van der Waals surface area (Å²) in [4.78, 5) is 0. The molecule has 1 aliphatic carbocycles. The van der Waals surface area contributed by atoms with Crippen molar-refractivity contribution in [2.24, 2.45) is 0 Å². The molecule has 0 aromatic heterocycles. The van der Waals surface area contributed by atoms with Gasteiger partial charge in [0.15, 0.2) is 0 Å². The SMILES string of the molecule is CC1(C)CC(C)(c2ccc(N)cc2)c2ccc(N)cc21.[H+]. The van der Waals surface area contributed by atoms with Gasteiger partial charge in [-0.25, -0.2) is 0 Å². The number of nitrogen functional groups attached to an aromatic ring is 2. The van der Waals surface area contributed by atoms with Gasteiger partial charge in [0.2, 0.25) is 0 Å². The zero-order valence-corrected chi connectivity index (χ0v) is 12.4. The average molecular weight is 267 g/mol. The van der Waals surface area contributed by atoms with Crippen LogP contribution >= 0.6 is 0 Å². The molecule has 2 nitrogen and oxygen atoms in total. The van der Waals surface area contributed by atoms with Crippen LogP contribution < -0.4 is 11.5 Å². The van der Waals surface area contributed by atoms with Crippen molar-refractivity contribution in [3.8, 4) is 0 Å². The Balaban J connectivity index is 0.00000161. The molecule has 0 aliphatic heterocycles. The van der Waals surface area contributed by atoms with Crippen molar-refractivity contribution in [3.05, 3.63) is 59.2 Å². The third-order valence-electron chi connectivity index (χ3n) is 4.71. The molecule has 1 aliphatic rings. The van der Waals surface area contributed by atoms with Gasteiger partial charge in [0.1, 0.15) is 0 Å². The highest BCUT2D eigenvalue weighted by Gasteiger charge is 2.45. The molecular formula is C18H23N2+. The molecule has 1 atom stereocenters. The summed E-state index contributed by atoms with van der Waals surface area (Å²) in [5.74, 6) is 0. The van der Waals surface area contributed by atoms with Crippen LogP contribution in [0.1, 0.15) is 45.3 Å². The second-order valence-corrected chi connectivity index (χ2v) is 6.82. The standard InChI is InChI=1S/C18H22N2/c1-17(2)11-18(3,12-4-6-13(19)7-5-12)15-9-8-14(20)10-16(15)17/h4-10H,11,19-20H2,1-3H3/p+1. The smallest absolute Gasteiger partial charge is 0.399 e. The second kappa shape index (κ2) is 4.02. The van der Waals surface area contributed by atoms with Gasteiger partial charge in [-0.3, -0.25) is 0 Å². The summed E-state index contributed by atoms with van der Waals surface area (Å²) in [5, 5.41) is 0. The molecule has 0 radical (unpaired) electrons. The van der Waals surface area contributed by atoms with Crippen LogP contribution in [-0.2, 0) is 10.8 Å². The van der Waals surface area contributed by atoms with Crippen molar-refractivity contribution in [1.29, 1.82) is 0 Å². The van der Waals surface area contributed by atoms with Crippen LogP contribution in [0.2, 0.25) is 0 Å². The minimum atomic E-state index is 0. The van der Waals surface area contributed by atoms with Gasteiger partial charge in [0.25, 0.3) is 0 Å². The predicted molar refractivity (Wildman–Crippen MR) is 86.9 cm³/mol. The topological polar surface area (TPSA) is 52.0 Å². The lowest BCUT2D eigenvalue weighted by molar-refractivity contribution is 0.425. The van der Waals surface area contributed by atoms with E-state index in [4.69, 9.17) is 11.5 Å². The molecule has 0 fully saturated rings. The maximum absolute atomic E-state index is 5.98. The fraction of sp³-hybridized carbons (Fsp3) is 0.333. The van der Waals surface area contributed by atoms with Crippen LogP contribution in [0.3, 0.4) is 0 Å². The summed E-state index contributed by atoms with van der Waals surface area (Å²) in [6.07, 6.45) is 1.09. The summed E-state index contributed by atoms with van der Waals surface area (Å²) in [7, 11) is 0. The van der Waals surface area contributed by atoms with Crippen LogP contribution in [0.15, 0.2) is 42.5 Å². The Kier molecular flexibility index (Phi) is 2.62. The molecule has 4 N–H and O–H groups in total. The Morgan fingerprint density at radius 1 is 0.850 bits per heavy atom. The maximum Gasteiger partial charge on any atom is 1.00 e. The molecule has 0 saturated carbocycles. The monoisotopic (exact) mass is 267 g/mol. The first-order valence-electron chi connectivity index (χ1n) is 7.09. The van der Waals surface area contributed by atoms with E-state index in [0.29, 0.717) is 0 Å². The maximum atomic E-state index is 5.98. The number of hydrogen-bond acceptors (Lipinski definition) is 2. The van der Waals surface area contributed by atoms with Gasteiger partial charge in [-0.15, -0.1) is 0 Å². The summed E-state index contributed by atoms with van der Waals surface area (Å²) >= 11 is 0. The van der Waals surface area contributed by atoms with Gasteiger partial charge in [-0.2, -0.15) is 0 Å². The third-order valence-corrected chi connectivity index (χ3v) is 4.71. The van der Waals surface area contributed by atoms with Crippen LogP contribution in [0.5, 0.6) is 0 Å². The number of fused-ring (bicyclic) bond motifs is 1. The van der Waals surface area contributed by atoms with E-state index in [9.17, 15) is 0 Å². The lowest BCUT2D eigenvalue weighted by Crippen LogP contribution is -2.23. The van der Waals surface area contributed by atoms with Crippen molar-refractivity contribution in [1.82, 2.24) is 0 Å². The summed E-state index contributed by atoms with van der Waals surface area (Å²) in [5.41, 5.74) is 17.7. The van der Waals surface area contributed by atoms with Gasteiger partial charge in [-0.05, 0) is 52.8 Å². The summed E-state index contributed by atoms with van der Waals surface area (Å²) in [6, 6.07) is 14.6. The molecule has 2 heteroatoms. The van der Waals surface area contributed by atoms with E-state index in [-0.39, 0.29) is 12.3 Å². The minimum Gasteiger partial charge on any atom is -0.399 e. The van der Waals surface area contributed by atoms with E-state index in [2.05, 4.69) is 45.0 Å². The molecule has 0 amide bonds. The fourth-order valence-electron chi connectivity index (χ4n) is 3.79. The fourth-order valence-corrected chi connectivity index (χ4v) is 3.79. The van der Waals surface area contributed by atoms with Crippen molar-refractivity contribution in [2.45, 2.75) is 38.0 Å². The minimum absolute atomic E-state index is 0. The van der Waals surface area contributed by atoms with E-state index in [1.807, 2.05) is 18.2 Å². The van der Waals surface area contributed by atoms with Crippen molar-refractivity contribution < 1.29 is 1.43 Å². The Morgan fingerprint density at radius 3 is 2.10 bits per heavy atom. The highest BCUT2D eigenvalue weighted by molar-refractivity contribution is 5.57. The van der Waals surface area contributed by atoms with Gasteiger partial charge < -0.3 is 11.5 Å². The number of anilines is 2. The Bertz CT molecular complexity index is 661. The van der Waals surface area contributed by atoms with E-state index >= 15 is 0 Å². The first-order chi connectivity index (χ1) is 9.33. The van der Waals surface area contributed by atoms with Crippen LogP contribution in [0, 0.1) is 0 Å². The quantitative estimate of drug-likeness (QED) is 0.769. The van der Waals surface area contributed by atoms with Gasteiger partial charge in [0, 0.05) is 16.8 Å². The Morgan fingerprint density at radius 2 is 1.45 bits per heavy atom. The van der Waals surface area contributed by atoms with Gasteiger partial charge in [-0.1, -0.05) is 39.0 Å². The van der Waals surface area contributed by atoms with Crippen molar-refractivity contribution in [3.63, 3.8) is 0 Å². The highest BCUT2D eigenvalue weighted by atomic mass is 14.6. The number of hydrogen-bond donors (Lipinski definition) is 2. The summed E-state index contributed by atoms with van der Waals surface area (Å²) in [6.45, 7) is 6.92. The molecule has 1 unspecified atom stereocenters. The number of nitrogens with two attached hydrogens (primary N) is 2. The lowest BCUT2D eigenvalue weighted by Gasteiger charge is -2.28. The first kappa shape index (κ1) is 13.0. The molecule has 20 heavy (non-hydrogen) atoms. The van der Waals surface area contributed by atoms with E-state index in [1.54, 1.807) is 0 Å². The average Bonchev–Trinajstić information content (AvgIpc) is 2.58.